The predicted molar refractivity (Wildman–Crippen MR) is 136 cm³/mol. The highest BCUT2D eigenvalue weighted by Gasteiger charge is 2.12. The van der Waals surface area contributed by atoms with Gasteiger partial charge in [-0.15, -0.1) is 0 Å². The number of nitrogens with one attached hydrogen (secondary N) is 1. The van der Waals surface area contributed by atoms with E-state index in [0.29, 0.717) is 6.42 Å². The number of carbonyl (C=O) groups excluding carboxylic acids is 1. The summed E-state index contributed by atoms with van der Waals surface area (Å²) in [5.74, 6) is -0.598. The topological polar surface area (TPSA) is 69.6 Å². The van der Waals surface area contributed by atoms with Crippen LogP contribution in [0.1, 0.15) is 123 Å². The van der Waals surface area contributed by atoms with Gasteiger partial charge in [-0.1, -0.05) is 76.9 Å². The third kappa shape index (κ3) is 24.9. The molecular formula is C27H52N2O3. The maximum absolute atomic E-state index is 11.8. The van der Waals surface area contributed by atoms with Gasteiger partial charge in [-0.2, -0.15) is 0 Å². The van der Waals surface area contributed by atoms with E-state index in [1.165, 1.54) is 109 Å². The molecule has 1 aliphatic heterocycles. The zero-order valence-electron chi connectivity index (χ0n) is 21.2. The third-order valence-corrected chi connectivity index (χ3v) is 5.86. The Kier molecular flexibility index (Phi) is 23.3. The Hall–Kier alpha value is -1.36. The molecule has 5 heteroatoms. The first-order valence-electron chi connectivity index (χ1n) is 13.4. The van der Waals surface area contributed by atoms with Crippen LogP contribution in [-0.2, 0) is 9.59 Å². The summed E-state index contributed by atoms with van der Waals surface area (Å²) in [6.45, 7) is 7.53. The lowest BCUT2D eigenvalue weighted by atomic mass is 10.1. The molecule has 1 amide bonds. The van der Waals surface area contributed by atoms with Crippen molar-refractivity contribution in [3.63, 3.8) is 0 Å². The minimum Gasteiger partial charge on any atom is -0.481 e. The van der Waals surface area contributed by atoms with Gasteiger partial charge in [0.05, 0.1) is 0 Å². The Labute approximate surface area is 198 Å². The minimum atomic E-state index is -0.833. The van der Waals surface area contributed by atoms with Crippen LogP contribution >= 0.6 is 0 Å². The fourth-order valence-corrected chi connectivity index (χ4v) is 3.95. The maximum Gasteiger partial charge on any atom is 0.300 e. The molecule has 1 heterocycles. The molecule has 188 valence electrons. The van der Waals surface area contributed by atoms with Gasteiger partial charge < -0.3 is 15.3 Å². The van der Waals surface area contributed by atoms with Crippen molar-refractivity contribution in [3.8, 4) is 0 Å². The summed E-state index contributed by atoms with van der Waals surface area (Å²) in [4.78, 5) is 23.2. The van der Waals surface area contributed by atoms with Crippen LogP contribution in [0.2, 0.25) is 0 Å². The fourth-order valence-electron chi connectivity index (χ4n) is 3.95. The molecular weight excluding hydrogens is 400 g/mol. The molecule has 1 fully saturated rings. The predicted octanol–water partition coefficient (Wildman–Crippen LogP) is 6.72. The maximum atomic E-state index is 11.8. The quantitative estimate of drug-likeness (QED) is 0.169. The first kappa shape index (κ1) is 30.6. The van der Waals surface area contributed by atoms with Crippen LogP contribution in [0.25, 0.3) is 0 Å². The molecule has 0 radical (unpaired) electrons. The lowest BCUT2D eigenvalue weighted by molar-refractivity contribution is -0.134. The summed E-state index contributed by atoms with van der Waals surface area (Å²) >= 11 is 0. The van der Waals surface area contributed by atoms with E-state index in [1.807, 2.05) is 0 Å². The molecule has 1 saturated heterocycles. The van der Waals surface area contributed by atoms with Crippen LogP contribution in [0.3, 0.4) is 0 Å². The van der Waals surface area contributed by atoms with E-state index in [-0.39, 0.29) is 5.91 Å². The second-order valence-corrected chi connectivity index (χ2v) is 9.11. The van der Waals surface area contributed by atoms with Crippen molar-refractivity contribution in [2.45, 2.75) is 123 Å². The SMILES string of the molecule is CC(=O)O.CCCCCCCC/C=C\CCCCCCCCNC(=O)CCN1CCCC1. The summed E-state index contributed by atoms with van der Waals surface area (Å²) in [6, 6.07) is 0. The average Bonchev–Trinajstić information content (AvgIpc) is 3.28. The number of carboxylic acids is 1. The number of carboxylic acid groups (broad SMARTS) is 1. The van der Waals surface area contributed by atoms with Crippen molar-refractivity contribution in [2.24, 2.45) is 0 Å². The number of likely N-dealkylation sites (tertiary alicyclic amines) is 1. The highest BCUT2D eigenvalue weighted by Crippen LogP contribution is 2.10. The molecule has 2 N–H and O–H groups in total. The Morgan fingerprint density at radius 1 is 0.812 bits per heavy atom. The summed E-state index contributed by atoms with van der Waals surface area (Å²) in [7, 11) is 0. The first-order valence-corrected chi connectivity index (χ1v) is 13.4. The lowest BCUT2D eigenvalue weighted by Gasteiger charge is -2.13. The smallest absolute Gasteiger partial charge is 0.300 e. The van der Waals surface area contributed by atoms with Crippen molar-refractivity contribution in [2.75, 3.05) is 26.2 Å². The molecule has 1 aliphatic rings. The highest BCUT2D eigenvalue weighted by atomic mass is 16.4. The Balaban J connectivity index is 0.00000220. The molecule has 0 bridgehead atoms. The molecule has 0 unspecified atom stereocenters. The number of allylic oxidation sites excluding steroid dienone is 2. The summed E-state index contributed by atoms with van der Waals surface area (Å²) < 4.78 is 0. The molecule has 0 aliphatic carbocycles. The Bertz CT molecular complexity index is 456. The number of nitrogens with zero attached hydrogens (tertiary/aromatic N) is 1. The zero-order chi connectivity index (χ0) is 23.7. The van der Waals surface area contributed by atoms with Crippen molar-refractivity contribution < 1.29 is 14.7 Å². The molecule has 32 heavy (non-hydrogen) atoms. The van der Waals surface area contributed by atoms with Gasteiger partial charge in [0.1, 0.15) is 0 Å². The Morgan fingerprint density at radius 2 is 1.28 bits per heavy atom. The molecule has 1 rings (SSSR count). The van der Waals surface area contributed by atoms with E-state index in [4.69, 9.17) is 9.90 Å². The Morgan fingerprint density at radius 3 is 1.81 bits per heavy atom. The van der Waals surface area contributed by atoms with Crippen molar-refractivity contribution in [1.82, 2.24) is 10.2 Å². The molecule has 0 saturated carbocycles. The van der Waals surface area contributed by atoms with Crippen LogP contribution in [0.5, 0.6) is 0 Å². The van der Waals surface area contributed by atoms with Crippen LogP contribution in [0.15, 0.2) is 12.2 Å². The fraction of sp³-hybridized carbons (Fsp3) is 0.852. The molecule has 0 atom stereocenters. The van der Waals surface area contributed by atoms with Gasteiger partial charge >= 0.3 is 0 Å². The van der Waals surface area contributed by atoms with Crippen molar-refractivity contribution in [1.29, 1.82) is 0 Å². The average molecular weight is 453 g/mol. The van der Waals surface area contributed by atoms with E-state index >= 15 is 0 Å². The third-order valence-electron chi connectivity index (χ3n) is 5.86. The standard InChI is InChI=1S/C25H48N2O.C2H4O2/c1-2-3-4-5-6-7-8-9-10-11-12-13-14-15-16-17-21-26-25(28)20-24-27-22-18-19-23-27;1-2(3)4/h9-10H,2-8,11-24H2,1H3,(H,26,28);1H3,(H,3,4)/b10-9-;. The normalized spacial score (nSPS) is 13.8. The van der Waals surface area contributed by atoms with Crippen LogP contribution < -0.4 is 5.32 Å². The van der Waals surface area contributed by atoms with Crippen molar-refractivity contribution in [3.05, 3.63) is 12.2 Å². The number of hydrogen-bond donors (Lipinski definition) is 2. The summed E-state index contributed by atoms with van der Waals surface area (Å²) in [5, 5.41) is 10.5. The van der Waals surface area contributed by atoms with E-state index in [1.54, 1.807) is 0 Å². The minimum absolute atomic E-state index is 0.236. The van der Waals surface area contributed by atoms with Gasteiger partial charge in [-0.25, -0.2) is 0 Å². The van der Waals surface area contributed by atoms with E-state index in [0.717, 1.165) is 26.4 Å². The highest BCUT2D eigenvalue weighted by molar-refractivity contribution is 5.76. The number of unbranched alkanes of at least 4 members (excludes halogenated alkanes) is 12. The number of rotatable bonds is 19. The largest absolute Gasteiger partial charge is 0.481 e. The van der Waals surface area contributed by atoms with E-state index < -0.39 is 5.97 Å². The molecule has 0 aromatic heterocycles. The van der Waals surface area contributed by atoms with E-state index in [9.17, 15) is 4.79 Å². The number of hydrogen-bond acceptors (Lipinski definition) is 3. The molecule has 5 nitrogen and oxygen atoms in total. The second kappa shape index (κ2) is 24.3. The molecule has 0 aromatic carbocycles. The molecule has 0 spiro atoms. The monoisotopic (exact) mass is 452 g/mol. The number of aliphatic carboxylic acids is 1. The van der Waals surface area contributed by atoms with Gasteiger partial charge in [0.2, 0.25) is 5.91 Å². The van der Waals surface area contributed by atoms with Gasteiger partial charge in [0, 0.05) is 26.4 Å². The van der Waals surface area contributed by atoms with Crippen LogP contribution in [0.4, 0.5) is 0 Å². The van der Waals surface area contributed by atoms with Crippen LogP contribution in [0, 0.1) is 0 Å². The summed E-state index contributed by atoms with van der Waals surface area (Å²) in [6.07, 6.45) is 26.7. The number of carbonyl (C=O) groups is 2. The van der Waals surface area contributed by atoms with Gasteiger partial charge in [-0.05, 0) is 58.0 Å². The summed E-state index contributed by atoms with van der Waals surface area (Å²) in [5.41, 5.74) is 0. The first-order chi connectivity index (χ1) is 15.6. The molecule has 0 aromatic rings. The van der Waals surface area contributed by atoms with Crippen LogP contribution in [-0.4, -0.2) is 48.1 Å². The van der Waals surface area contributed by atoms with Gasteiger partial charge in [0.25, 0.3) is 5.97 Å². The van der Waals surface area contributed by atoms with Gasteiger partial charge in [0.15, 0.2) is 0 Å². The van der Waals surface area contributed by atoms with E-state index in [2.05, 4.69) is 29.3 Å². The second-order valence-electron chi connectivity index (χ2n) is 9.11. The zero-order valence-corrected chi connectivity index (χ0v) is 21.2. The van der Waals surface area contributed by atoms with Crippen molar-refractivity contribution >= 4 is 11.9 Å². The van der Waals surface area contributed by atoms with Gasteiger partial charge in [-0.3, -0.25) is 9.59 Å². The lowest BCUT2D eigenvalue weighted by Crippen LogP contribution is -2.29. The number of amides is 1.